The van der Waals surface area contributed by atoms with E-state index in [1.807, 2.05) is 48.5 Å². The summed E-state index contributed by atoms with van der Waals surface area (Å²) >= 11 is 6.19. The molecule has 5 heteroatoms. The predicted molar refractivity (Wildman–Crippen MR) is 96.3 cm³/mol. The SMILES string of the molecule is CNC(=O)c1cccc(NCc2ccc(-c3ccccc3Cl)o2)c1. The highest BCUT2D eigenvalue weighted by molar-refractivity contribution is 6.33. The molecule has 0 saturated carbocycles. The van der Waals surface area contributed by atoms with E-state index in [1.165, 1.54) is 0 Å². The van der Waals surface area contributed by atoms with E-state index < -0.39 is 0 Å². The summed E-state index contributed by atoms with van der Waals surface area (Å²) in [5, 5.41) is 6.52. The van der Waals surface area contributed by atoms with Crippen LogP contribution in [0.5, 0.6) is 0 Å². The number of benzene rings is 2. The summed E-state index contributed by atoms with van der Waals surface area (Å²) in [5.41, 5.74) is 2.33. The van der Waals surface area contributed by atoms with Crippen LogP contribution in [-0.4, -0.2) is 13.0 Å². The third kappa shape index (κ3) is 3.60. The Bertz CT molecular complexity index is 858. The van der Waals surface area contributed by atoms with Gasteiger partial charge in [0, 0.05) is 23.9 Å². The molecule has 1 amide bonds. The van der Waals surface area contributed by atoms with Crippen LogP contribution < -0.4 is 10.6 Å². The first-order valence-electron chi connectivity index (χ1n) is 7.57. The van der Waals surface area contributed by atoms with Gasteiger partial charge in [0.05, 0.1) is 11.6 Å². The number of halogens is 1. The molecule has 0 bridgehead atoms. The minimum Gasteiger partial charge on any atom is -0.459 e. The molecule has 1 aromatic heterocycles. The van der Waals surface area contributed by atoms with E-state index >= 15 is 0 Å². The largest absolute Gasteiger partial charge is 0.459 e. The van der Waals surface area contributed by atoms with Crippen LogP contribution in [-0.2, 0) is 6.54 Å². The van der Waals surface area contributed by atoms with Crippen molar-refractivity contribution in [3.8, 4) is 11.3 Å². The van der Waals surface area contributed by atoms with Crippen molar-refractivity contribution >= 4 is 23.2 Å². The minimum absolute atomic E-state index is 0.113. The Kier molecular flexibility index (Phi) is 4.87. The molecule has 0 aliphatic rings. The van der Waals surface area contributed by atoms with Crippen molar-refractivity contribution in [2.24, 2.45) is 0 Å². The smallest absolute Gasteiger partial charge is 0.251 e. The first kappa shape index (κ1) is 16.1. The van der Waals surface area contributed by atoms with Gasteiger partial charge in [-0.1, -0.05) is 29.8 Å². The highest BCUT2D eigenvalue weighted by Gasteiger charge is 2.08. The number of rotatable bonds is 5. The van der Waals surface area contributed by atoms with Gasteiger partial charge in [-0.25, -0.2) is 0 Å². The lowest BCUT2D eigenvalue weighted by atomic mass is 10.2. The molecule has 0 fully saturated rings. The van der Waals surface area contributed by atoms with Crippen molar-refractivity contribution in [3.05, 3.63) is 77.0 Å². The molecular formula is C19H17ClN2O2. The summed E-state index contributed by atoms with van der Waals surface area (Å²) in [6, 6.07) is 18.7. The van der Waals surface area contributed by atoms with Gasteiger partial charge in [0.15, 0.2) is 0 Å². The van der Waals surface area contributed by atoms with E-state index in [1.54, 1.807) is 19.2 Å². The van der Waals surface area contributed by atoms with Crippen LogP contribution in [0, 0.1) is 0 Å². The first-order valence-corrected chi connectivity index (χ1v) is 7.95. The molecule has 4 nitrogen and oxygen atoms in total. The Balaban J connectivity index is 1.70. The van der Waals surface area contributed by atoms with Crippen molar-refractivity contribution in [1.82, 2.24) is 5.32 Å². The van der Waals surface area contributed by atoms with E-state index in [0.29, 0.717) is 17.1 Å². The monoisotopic (exact) mass is 340 g/mol. The maximum atomic E-state index is 11.7. The average Bonchev–Trinajstić information content (AvgIpc) is 3.08. The second-order valence-electron chi connectivity index (χ2n) is 5.26. The zero-order valence-electron chi connectivity index (χ0n) is 13.2. The second-order valence-corrected chi connectivity index (χ2v) is 5.67. The number of hydrogen-bond donors (Lipinski definition) is 2. The van der Waals surface area contributed by atoms with Crippen molar-refractivity contribution in [2.45, 2.75) is 6.54 Å². The lowest BCUT2D eigenvalue weighted by molar-refractivity contribution is 0.0963. The summed E-state index contributed by atoms with van der Waals surface area (Å²) in [4.78, 5) is 11.7. The maximum Gasteiger partial charge on any atom is 0.251 e. The van der Waals surface area contributed by atoms with Gasteiger partial charge in [0.2, 0.25) is 0 Å². The zero-order valence-corrected chi connectivity index (χ0v) is 13.9. The van der Waals surface area contributed by atoms with Gasteiger partial charge in [-0.05, 0) is 42.5 Å². The van der Waals surface area contributed by atoms with Crippen LogP contribution in [0.15, 0.2) is 65.1 Å². The highest BCUT2D eigenvalue weighted by atomic mass is 35.5. The summed E-state index contributed by atoms with van der Waals surface area (Å²) in [6.07, 6.45) is 0. The van der Waals surface area contributed by atoms with Gasteiger partial charge in [-0.3, -0.25) is 4.79 Å². The van der Waals surface area contributed by atoms with Crippen LogP contribution in [0.2, 0.25) is 5.02 Å². The zero-order chi connectivity index (χ0) is 16.9. The fourth-order valence-corrected chi connectivity index (χ4v) is 2.61. The molecule has 24 heavy (non-hydrogen) atoms. The van der Waals surface area contributed by atoms with E-state index in [-0.39, 0.29) is 5.91 Å². The van der Waals surface area contributed by atoms with Gasteiger partial charge in [-0.2, -0.15) is 0 Å². The quantitative estimate of drug-likeness (QED) is 0.715. The van der Waals surface area contributed by atoms with Crippen molar-refractivity contribution < 1.29 is 9.21 Å². The third-order valence-electron chi connectivity index (χ3n) is 3.62. The van der Waals surface area contributed by atoms with Crippen molar-refractivity contribution in [3.63, 3.8) is 0 Å². The summed E-state index contributed by atoms with van der Waals surface area (Å²) < 4.78 is 5.84. The van der Waals surface area contributed by atoms with E-state index in [0.717, 1.165) is 22.8 Å². The molecule has 3 aromatic rings. The number of anilines is 1. The van der Waals surface area contributed by atoms with Crippen molar-refractivity contribution in [2.75, 3.05) is 12.4 Å². The topological polar surface area (TPSA) is 54.3 Å². The maximum absolute atomic E-state index is 11.7. The Labute approximate surface area is 145 Å². The standard InChI is InChI=1S/C19H17ClN2O2/c1-21-19(23)13-5-4-6-14(11-13)22-12-15-9-10-18(24-15)16-7-2-3-8-17(16)20/h2-11,22H,12H2,1H3,(H,21,23). The lowest BCUT2D eigenvalue weighted by Crippen LogP contribution is -2.17. The molecule has 0 aliphatic carbocycles. The van der Waals surface area contributed by atoms with Gasteiger partial charge >= 0.3 is 0 Å². The molecular weight excluding hydrogens is 324 g/mol. The highest BCUT2D eigenvalue weighted by Crippen LogP contribution is 2.29. The van der Waals surface area contributed by atoms with Crippen LogP contribution in [0.1, 0.15) is 16.1 Å². The molecule has 0 saturated heterocycles. The normalized spacial score (nSPS) is 10.4. The first-order chi connectivity index (χ1) is 11.7. The average molecular weight is 341 g/mol. The molecule has 0 radical (unpaired) electrons. The molecule has 0 spiro atoms. The summed E-state index contributed by atoms with van der Waals surface area (Å²) in [7, 11) is 1.61. The molecule has 3 rings (SSSR count). The number of furan rings is 1. The second kappa shape index (κ2) is 7.23. The molecule has 2 N–H and O–H groups in total. The fourth-order valence-electron chi connectivity index (χ4n) is 2.38. The van der Waals surface area contributed by atoms with Crippen LogP contribution in [0.3, 0.4) is 0 Å². The Morgan fingerprint density at radius 2 is 1.92 bits per heavy atom. The van der Waals surface area contributed by atoms with Crippen molar-refractivity contribution in [1.29, 1.82) is 0 Å². The Hall–Kier alpha value is -2.72. The van der Waals surface area contributed by atoms with Crippen LogP contribution in [0.4, 0.5) is 5.69 Å². The number of hydrogen-bond acceptors (Lipinski definition) is 3. The Morgan fingerprint density at radius 1 is 1.08 bits per heavy atom. The van der Waals surface area contributed by atoms with Crippen LogP contribution in [0.25, 0.3) is 11.3 Å². The van der Waals surface area contributed by atoms with E-state index in [4.69, 9.17) is 16.0 Å². The molecule has 0 atom stereocenters. The number of carbonyl (C=O) groups is 1. The molecule has 122 valence electrons. The molecule has 0 unspecified atom stereocenters. The lowest BCUT2D eigenvalue weighted by Gasteiger charge is -2.06. The van der Waals surface area contributed by atoms with E-state index in [2.05, 4.69) is 10.6 Å². The van der Waals surface area contributed by atoms with Gasteiger partial charge in [-0.15, -0.1) is 0 Å². The van der Waals surface area contributed by atoms with Gasteiger partial charge < -0.3 is 15.1 Å². The third-order valence-corrected chi connectivity index (χ3v) is 3.95. The number of nitrogens with one attached hydrogen (secondary N) is 2. The minimum atomic E-state index is -0.113. The van der Waals surface area contributed by atoms with Gasteiger partial charge in [0.1, 0.15) is 11.5 Å². The summed E-state index contributed by atoms with van der Waals surface area (Å²) in [5.74, 6) is 1.41. The molecule has 1 heterocycles. The number of carbonyl (C=O) groups excluding carboxylic acids is 1. The van der Waals surface area contributed by atoms with Gasteiger partial charge in [0.25, 0.3) is 5.91 Å². The Morgan fingerprint density at radius 3 is 2.71 bits per heavy atom. The molecule has 2 aromatic carbocycles. The van der Waals surface area contributed by atoms with E-state index in [9.17, 15) is 4.79 Å². The van der Waals surface area contributed by atoms with Crippen LogP contribution >= 0.6 is 11.6 Å². The number of amides is 1. The fraction of sp³-hybridized carbons (Fsp3) is 0.105. The predicted octanol–water partition coefficient (Wildman–Crippen LogP) is 4.57. The summed E-state index contributed by atoms with van der Waals surface area (Å²) in [6.45, 7) is 0.516. The molecule has 0 aliphatic heterocycles.